The SMILES string of the molecule is CCC(C)c1ccc(CNc2c(N)cnc3ccc(Cl)cc23)c(OC)c1. The minimum atomic E-state index is 0.507. The topological polar surface area (TPSA) is 60.2 Å². The molecule has 0 aliphatic rings. The van der Waals surface area contributed by atoms with Crippen molar-refractivity contribution in [2.24, 2.45) is 0 Å². The van der Waals surface area contributed by atoms with Gasteiger partial charge in [0.1, 0.15) is 5.75 Å². The standard InChI is InChI=1S/C21H24ClN3O/c1-4-13(2)14-5-6-15(20(9-14)26-3)11-25-21-17-10-16(22)7-8-19(17)24-12-18(21)23/h5-10,12-13H,4,11,23H2,1-3H3,(H,24,25). The molecule has 0 aliphatic carbocycles. The second-order valence-corrected chi connectivity index (χ2v) is 6.92. The summed E-state index contributed by atoms with van der Waals surface area (Å²) in [5, 5.41) is 5.00. The lowest BCUT2D eigenvalue weighted by molar-refractivity contribution is 0.409. The van der Waals surface area contributed by atoms with Crippen LogP contribution in [0.3, 0.4) is 0 Å². The third kappa shape index (κ3) is 3.70. The number of rotatable bonds is 6. The minimum Gasteiger partial charge on any atom is -0.496 e. The number of methoxy groups -OCH3 is 1. The maximum atomic E-state index is 6.15. The molecule has 26 heavy (non-hydrogen) atoms. The van der Waals surface area contributed by atoms with Crippen LogP contribution < -0.4 is 15.8 Å². The highest BCUT2D eigenvalue weighted by Crippen LogP contribution is 2.32. The zero-order chi connectivity index (χ0) is 18.7. The number of halogens is 1. The van der Waals surface area contributed by atoms with Gasteiger partial charge in [0.05, 0.1) is 30.2 Å². The molecule has 0 saturated carbocycles. The highest BCUT2D eigenvalue weighted by Gasteiger charge is 2.11. The van der Waals surface area contributed by atoms with Crippen LogP contribution in [0.15, 0.2) is 42.6 Å². The molecule has 0 fully saturated rings. The van der Waals surface area contributed by atoms with Gasteiger partial charge in [0, 0.05) is 22.5 Å². The van der Waals surface area contributed by atoms with Crippen molar-refractivity contribution < 1.29 is 4.74 Å². The largest absolute Gasteiger partial charge is 0.496 e. The Morgan fingerprint density at radius 2 is 2.04 bits per heavy atom. The van der Waals surface area contributed by atoms with E-state index in [-0.39, 0.29) is 0 Å². The summed E-state index contributed by atoms with van der Waals surface area (Å²) in [7, 11) is 1.70. The van der Waals surface area contributed by atoms with E-state index in [2.05, 4.69) is 42.3 Å². The molecular formula is C21H24ClN3O. The fourth-order valence-electron chi connectivity index (χ4n) is 3.01. The third-order valence-corrected chi connectivity index (χ3v) is 5.04. The predicted molar refractivity (Wildman–Crippen MR) is 110 cm³/mol. The Labute approximate surface area is 159 Å². The van der Waals surface area contributed by atoms with Gasteiger partial charge >= 0.3 is 0 Å². The van der Waals surface area contributed by atoms with Crippen LogP contribution in [0.4, 0.5) is 11.4 Å². The van der Waals surface area contributed by atoms with E-state index in [1.54, 1.807) is 13.3 Å². The van der Waals surface area contributed by atoms with E-state index in [0.29, 0.717) is 23.2 Å². The van der Waals surface area contributed by atoms with E-state index in [0.717, 1.165) is 34.3 Å². The molecule has 0 bridgehead atoms. The zero-order valence-corrected chi connectivity index (χ0v) is 16.1. The maximum absolute atomic E-state index is 6.15. The second-order valence-electron chi connectivity index (χ2n) is 6.48. The van der Waals surface area contributed by atoms with Crippen molar-refractivity contribution >= 4 is 33.9 Å². The van der Waals surface area contributed by atoms with E-state index in [1.807, 2.05) is 18.2 Å². The summed E-state index contributed by atoms with van der Waals surface area (Å²) in [6.07, 6.45) is 2.77. The van der Waals surface area contributed by atoms with Gasteiger partial charge in [-0.2, -0.15) is 0 Å². The highest BCUT2D eigenvalue weighted by atomic mass is 35.5. The average Bonchev–Trinajstić information content (AvgIpc) is 2.66. The number of nitrogens with one attached hydrogen (secondary N) is 1. The molecule has 4 nitrogen and oxygen atoms in total. The summed E-state index contributed by atoms with van der Waals surface area (Å²) in [5.41, 5.74) is 10.8. The van der Waals surface area contributed by atoms with Crippen molar-refractivity contribution in [3.05, 3.63) is 58.7 Å². The maximum Gasteiger partial charge on any atom is 0.124 e. The molecular weight excluding hydrogens is 346 g/mol. The number of hydrogen-bond acceptors (Lipinski definition) is 4. The first-order valence-corrected chi connectivity index (χ1v) is 9.15. The smallest absolute Gasteiger partial charge is 0.124 e. The lowest BCUT2D eigenvalue weighted by Crippen LogP contribution is -2.06. The Bertz CT molecular complexity index is 921. The number of benzene rings is 2. The molecule has 3 rings (SSSR count). The second kappa shape index (κ2) is 7.83. The summed E-state index contributed by atoms with van der Waals surface area (Å²) < 4.78 is 5.60. The first kappa shape index (κ1) is 18.3. The van der Waals surface area contributed by atoms with E-state index >= 15 is 0 Å². The molecule has 0 amide bonds. The molecule has 136 valence electrons. The van der Waals surface area contributed by atoms with Gasteiger partial charge in [0.15, 0.2) is 0 Å². The van der Waals surface area contributed by atoms with Crippen LogP contribution >= 0.6 is 11.6 Å². The van der Waals surface area contributed by atoms with Gasteiger partial charge in [-0.15, -0.1) is 0 Å². The first-order valence-electron chi connectivity index (χ1n) is 8.78. The number of ether oxygens (including phenoxy) is 1. The molecule has 1 aromatic heterocycles. The minimum absolute atomic E-state index is 0.507. The molecule has 1 unspecified atom stereocenters. The molecule has 3 N–H and O–H groups in total. The van der Waals surface area contributed by atoms with E-state index in [9.17, 15) is 0 Å². The number of fused-ring (bicyclic) bond motifs is 1. The average molecular weight is 370 g/mol. The molecule has 3 aromatic rings. The number of nitrogens with two attached hydrogens (primary N) is 1. The van der Waals surface area contributed by atoms with Crippen LogP contribution in [0.25, 0.3) is 10.9 Å². The summed E-state index contributed by atoms with van der Waals surface area (Å²) in [4.78, 5) is 4.36. The van der Waals surface area contributed by atoms with Crippen molar-refractivity contribution in [2.75, 3.05) is 18.2 Å². The number of hydrogen-bond donors (Lipinski definition) is 2. The van der Waals surface area contributed by atoms with Crippen molar-refractivity contribution in [2.45, 2.75) is 32.7 Å². The molecule has 5 heteroatoms. The van der Waals surface area contributed by atoms with Gasteiger partial charge in [-0.25, -0.2) is 0 Å². The molecule has 0 spiro atoms. The summed E-state index contributed by atoms with van der Waals surface area (Å²) in [5.74, 6) is 1.39. The zero-order valence-electron chi connectivity index (χ0n) is 15.3. The van der Waals surface area contributed by atoms with E-state index in [1.165, 1.54) is 5.56 Å². The third-order valence-electron chi connectivity index (χ3n) is 4.81. The summed E-state index contributed by atoms with van der Waals surface area (Å²) in [6, 6.07) is 12.0. The van der Waals surface area contributed by atoms with Crippen molar-refractivity contribution in [1.29, 1.82) is 0 Å². The number of nitrogen functional groups attached to an aromatic ring is 1. The lowest BCUT2D eigenvalue weighted by Gasteiger charge is -2.16. The summed E-state index contributed by atoms with van der Waals surface area (Å²) >= 11 is 6.15. The van der Waals surface area contributed by atoms with Crippen molar-refractivity contribution in [3.63, 3.8) is 0 Å². The molecule has 0 saturated heterocycles. The Morgan fingerprint density at radius 3 is 2.77 bits per heavy atom. The van der Waals surface area contributed by atoms with Crippen molar-refractivity contribution in [3.8, 4) is 5.75 Å². The van der Waals surface area contributed by atoms with Crippen molar-refractivity contribution in [1.82, 2.24) is 4.98 Å². The highest BCUT2D eigenvalue weighted by molar-refractivity contribution is 6.31. The molecule has 0 aliphatic heterocycles. The van der Waals surface area contributed by atoms with E-state index in [4.69, 9.17) is 22.1 Å². The first-order chi connectivity index (χ1) is 12.5. The molecule has 2 aromatic carbocycles. The molecule has 0 radical (unpaired) electrons. The Kier molecular flexibility index (Phi) is 5.52. The fraction of sp³-hybridized carbons (Fsp3) is 0.286. The number of nitrogens with zero attached hydrogens (tertiary/aromatic N) is 1. The Hall–Kier alpha value is -2.46. The lowest BCUT2D eigenvalue weighted by atomic mass is 9.97. The monoisotopic (exact) mass is 369 g/mol. The predicted octanol–water partition coefficient (Wildman–Crippen LogP) is 5.60. The number of pyridine rings is 1. The Morgan fingerprint density at radius 1 is 1.23 bits per heavy atom. The van der Waals surface area contributed by atoms with Crippen LogP contribution in [0.1, 0.15) is 37.3 Å². The van der Waals surface area contributed by atoms with Crippen LogP contribution in [-0.2, 0) is 6.54 Å². The van der Waals surface area contributed by atoms with E-state index < -0.39 is 0 Å². The Balaban J connectivity index is 1.91. The quantitative estimate of drug-likeness (QED) is 0.593. The number of aromatic nitrogens is 1. The normalized spacial score (nSPS) is 12.2. The van der Waals surface area contributed by atoms with Gasteiger partial charge in [0.25, 0.3) is 0 Å². The van der Waals surface area contributed by atoms with Crippen LogP contribution in [-0.4, -0.2) is 12.1 Å². The summed E-state index contributed by atoms with van der Waals surface area (Å²) in [6.45, 7) is 5.01. The molecule has 1 heterocycles. The number of anilines is 2. The van der Waals surface area contributed by atoms with Crippen LogP contribution in [0, 0.1) is 0 Å². The van der Waals surface area contributed by atoms with Crippen LogP contribution in [0.2, 0.25) is 5.02 Å². The molecule has 1 atom stereocenters. The van der Waals surface area contributed by atoms with Gasteiger partial charge in [0.2, 0.25) is 0 Å². The fourth-order valence-corrected chi connectivity index (χ4v) is 3.18. The van der Waals surface area contributed by atoms with Gasteiger partial charge < -0.3 is 15.8 Å². The van der Waals surface area contributed by atoms with Crippen LogP contribution in [0.5, 0.6) is 5.75 Å². The van der Waals surface area contributed by atoms with Gasteiger partial charge in [-0.05, 0) is 42.2 Å². The van der Waals surface area contributed by atoms with Gasteiger partial charge in [-0.3, -0.25) is 4.98 Å². The van der Waals surface area contributed by atoms with Gasteiger partial charge in [-0.1, -0.05) is 37.6 Å².